The molecule has 1 aliphatic carbocycles. The van der Waals surface area contributed by atoms with Crippen molar-refractivity contribution in [1.82, 2.24) is 0 Å². The average molecular weight is 394 g/mol. The smallest absolute Gasteiger partial charge is 0.132 e. The second-order valence-electron chi connectivity index (χ2n) is 7.94. The number of hydrogen-bond donors (Lipinski definition) is 0. The van der Waals surface area contributed by atoms with Crippen LogP contribution in [0.2, 0.25) is 0 Å². The number of rotatable bonds is 2. The predicted octanol–water partition coefficient (Wildman–Crippen LogP) is 6.67. The zero-order chi connectivity index (χ0) is 21.0. The Morgan fingerprint density at radius 3 is 2.35 bits per heavy atom. The third kappa shape index (κ3) is 2.22. The van der Waals surface area contributed by atoms with E-state index in [-0.39, 0.29) is 0 Å². The molecule has 1 aliphatic heterocycles. The van der Waals surface area contributed by atoms with Gasteiger partial charge in [0.15, 0.2) is 0 Å². The van der Waals surface area contributed by atoms with Crippen molar-refractivity contribution in [3.63, 3.8) is 0 Å². The third-order valence-electron chi connectivity index (χ3n) is 6.55. The van der Waals surface area contributed by atoms with E-state index in [4.69, 9.17) is 12.6 Å². The SMILES string of the molecule is [B]/C=C\C1=C(C=C)Oc2ccccc2C12c1ccccc1-c1ccc3ccccc3c12. The molecule has 0 saturated heterocycles. The van der Waals surface area contributed by atoms with Gasteiger partial charge in [0.1, 0.15) is 19.4 Å². The Bertz CT molecular complexity index is 1440. The Morgan fingerprint density at radius 1 is 0.774 bits per heavy atom. The van der Waals surface area contributed by atoms with Crippen LogP contribution < -0.4 is 4.74 Å². The van der Waals surface area contributed by atoms with E-state index in [0.717, 1.165) is 22.6 Å². The lowest BCUT2D eigenvalue weighted by Gasteiger charge is -2.40. The maximum Gasteiger partial charge on any atom is 0.132 e. The maximum absolute atomic E-state index is 6.33. The molecule has 2 aliphatic rings. The van der Waals surface area contributed by atoms with Gasteiger partial charge in [-0.3, -0.25) is 0 Å². The van der Waals surface area contributed by atoms with Crippen molar-refractivity contribution in [1.29, 1.82) is 0 Å². The van der Waals surface area contributed by atoms with Crippen molar-refractivity contribution < 1.29 is 4.74 Å². The van der Waals surface area contributed by atoms with E-state index in [1.54, 1.807) is 12.1 Å². The van der Waals surface area contributed by atoms with Crippen LogP contribution in [0.15, 0.2) is 121 Å². The van der Waals surface area contributed by atoms with Crippen LogP contribution >= 0.6 is 0 Å². The molecule has 6 rings (SSSR count). The summed E-state index contributed by atoms with van der Waals surface area (Å²) >= 11 is 0. The van der Waals surface area contributed by atoms with Crippen molar-refractivity contribution in [2.24, 2.45) is 0 Å². The molecule has 0 N–H and O–H groups in total. The van der Waals surface area contributed by atoms with E-state index < -0.39 is 5.41 Å². The van der Waals surface area contributed by atoms with Gasteiger partial charge in [-0.2, -0.15) is 0 Å². The van der Waals surface area contributed by atoms with Crippen LogP contribution in [0.25, 0.3) is 21.9 Å². The lowest BCUT2D eigenvalue weighted by Crippen LogP contribution is -2.34. The molecule has 0 saturated carbocycles. The summed E-state index contributed by atoms with van der Waals surface area (Å²) in [5.41, 5.74) is 6.59. The third-order valence-corrected chi connectivity index (χ3v) is 6.55. The zero-order valence-corrected chi connectivity index (χ0v) is 17.0. The minimum absolute atomic E-state index is 0.541. The van der Waals surface area contributed by atoms with E-state index >= 15 is 0 Å². The van der Waals surface area contributed by atoms with E-state index in [1.807, 2.05) is 18.2 Å². The lowest BCUT2D eigenvalue weighted by molar-refractivity contribution is 0.403. The van der Waals surface area contributed by atoms with Gasteiger partial charge >= 0.3 is 0 Å². The van der Waals surface area contributed by atoms with Crippen LogP contribution in [0.5, 0.6) is 5.75 Å². The molecule has 2 heteroatoms. The average Bonchev–Trinajstić information content (AvgIpc) is 3.12. The summed E-state index contributed by atoms with van der Waals surface area (Å²) in [6, 6.07) is 30.0. The molecule has 2 radical (unpaired) electrons. The Kier molecular flexibility index (Phi) is 3.85. The minimum atomic E-state index is -0.541. The summed E-state index contributed by atoms with van der Waals surface area (Å²) in [6.45, 7) is 4.06. The topological polar surface area (TPSA) is 9.23 Å². The van der Waals surface area contributed by atoms with Gasteiger partial charge in [-0.05, 0) is 45.2 Å². The number of benzene rings is 4. The number of ether oxygens (including phenoxy) is 1. The van der Waals surface area contributed by atoms with E-state index in [2.05, 4.69) is 79.4 Å². The standard InChI is InChI=1S/C29H19BO/c1-2-26-25(17-18-30)29(24-13-7-8-14-27(24)31-26)23-12-6-5-11-21(23)22-16-15-19-9-3-4-10-20(19)28(22)29/h2-18H,1H2/b18-17-. The van der Waals surface area contributed by atoms with Crippen LogP contribution in [0.1, 0.15) is 16.7 Å². The molecule has 0 aromatic heterocycles. The Morgan fingerprint density at radius 2 is 1.52 bits per heavy atom. The molecule has 0 amide bonds. The van der Waals surface area contributed by atoms with Crippen LogP contribution in [0.3, 0.4) is 0 Å². The summed E-state index contributed by atoms with van der Waals surface area (Å²) in [4.78, 5) is 0. The van der Waals surface area contributed by atoms with Crippen molar-refractivity contribution in [3.05, 3.63) is 138 Å². The van der Waals surface area contributed by atoms with Crippen LogP contribution in [-0.4, -0.2) is 7.85 Å². The predicted molar refractivity (Wildman–Crippen MR) is 128 cm³/mol. The molecule has 0 bridgehead atoms. The van der Waals surface area contributed by atoms with Crippen LogP contribution in [-0.2, 0) is 5.41 Å². The fourth-order valence-corrected chi connectivity index (χ4v) is 5.46. The first-order valence-electron chi connectivity index (χ1n) is 10.5. The molecule has 0 fully saturated rings. The highest BCUT2D eigenvalue weighted by Gasteiger charge is 2.51. The summed E-state index contributed by atoms with van der Waals surface area (Å²) in [5.74, 6) is 3.18. The van der Waals surface area contributed by atoms with Gasteiger partial charge in [0.2, 0.25) is 0 Å². The molecule has 1 spiro atoms. The summed E-state index contributed by atoms with van der Waals surface area (Å²) < 4.78 is 6.33. The van der Waals surface area contributed by atoms with Crippen LogP contribution in [0, 0.1) is 0 Å². The monoisotopic (exact) mass is 394 g/mol. The largest absolute Gasteiger partial charge is 0.457 e. The van der Waals surface area contributed by atoms with Gasteiger partial charge in [-0.15, -0.1) is 5.98 Å². The number of fused-ring (bicyclic) bond motifs is 9. The van der Waals surface area contributed by atoms with E-state index in [9.17, 15) is 0 Å². The van der Waals surface area contributed by atoms with Crippen LogP contribution in [0.4, 0.5) is 0 Å². The second kappa shape index (κ2) is 6.62. The second-order valence-corrected chi connectivity index (χ2v) is 7.94. The maximum atomic E-state index is 6.33. The molecule has 1 atom stereocenters. The van der Waals surface area contributed by atoms with E-state index in [0.29, 0.717) is 0 Å². The Labute approximate surface area is 183 Å². The van der Waals surface area contributed by atoms with Crippen molar-refractivity contribution in [2.45, 2.75) is 5.41 Å². The fraction of sp³-hybridized carbons (Fsp3) is 0.0345. The zero-order valence-electron chi connectivity index (χ0n) is 17.0. The van der Waals surface area contributed by atoms with Gasteiger partial charge in [-0.25, -0.2) is 0 Å². The lowest BCUT2D eigenvalue weighted by atomic mass is 9.64. The highest BCUT2D eigenvalue weighted by atomic mass is 16.5. The summed E-state index contributed by atoms with van der Waals surface area (Å²) in [6.07, 6.45) is 3.76. The molecular weight excluding hydrogens is 375 g/mol. The first-order valence-corrected chi connectivity index (χ1v) is 10.5. The first kappa shape index (κ1) is 18.0. The molecular formula is C29H19BO. The summed E-state index contributed by atoms with van der Waals surface area (Å²) in [5, 5.41) is 2.45. The normalized spacial score (nSPS) is 18.7. The van der Waals surface area contributed by atoms with Gasteiger partial charge in [0.05, 0.1) is 5.41 Å². The Hall–Kier alpha value is -3.78. The van der Waals surface area contributed by atoms with Gasteiger partial charge in [0.25, 0.3) is 0 Å². The quantitative estimate of drug-likeness (QED) is 0.345. The fourth-order valence-electron chi connectivity index (χ4n) is 5.46. The van der Waals surface area contributed by atoms with Crippen molar-refractivity contribution in [3.8, 4) is 16.9 Å². The number of para-hydroxylation sites is 1. The first-order chi connectivity index (χ1) is 15.3. The molecule has 4 aromatic rings. The molecule has 31 heavy (non-hydrogen) atoms. The summed E-state index contributed by atoms with van der Waals surface area (Å²) in [7, 11) is 6.00. The highest BCUT2D eigenvalue weighted by Crippen LogP contribution is 2.62. The Balaban J connectivity index is 1.91. The van der Waals surface area contributed by atoms with Gasteiger partial charge < -0.3 is 4.74 Å². The van der Waals surface area contributed by atoms with E-state index in [1.165, 1.54) is 33.0 Å². The number of hydrogen-bond acceptors (Lipinski definition) is 1. The van der Waals surface area contributed by atoms with Crippen molar-refractivity contribution in [2.75, 3.05) is 0 Å². The molecule has 1 nitrogen and oxygen atoms in total. The molecule has 4 aromatic carbocycles. The number of allylic oxidation sites excluding steroid dienone is 3. The molecule has 1 heterocycles. The van der Waals surface area contributed by atoms with Crippen molar-refractivity contribution >= 4 is 18.6 Å². The molecule has 144 valence electrons. The van der Waals surface area contributed by atoms with Gasteiger partial charge in [0, 0.05) is 11.1 Å². The van der Waals surface area contributed by atoms with Gasteiger partial charge in [-0.1, -0.05) is 91.5 Å². The highest BCUT2D eigenvalue weighted by molar-refractivity contribution is 6.17. The molecule has 1 unspecified atom stereocenters. The minimum Gasteiger partial charge on any atom is -0.457 e.